The summed E-state index contributed by atoms with van der Waals surface area (Å²) in [6.45, 7) is 0.945. The van der Waals surface area contributed by atoms with Crippen molar-refractivity contribution in [3.8, 4) is 0 Å². The summed E-state index contributed by atoms with van der Waals surface area (Å²) in [5, 5.41) is 8.96. The van der Waals surface area contributed by atoms with Crippen LogP contribution in [0.3, 0.4) is 0 Å². The zero-order valence-electron chi connectivity index (χ0n) is 10.7. The number of carboxylic acid groups (broad SMARTS) is 1. The first-order valence-corrected chi connectivity index (χ1v) is 5.94. The first kappa shape index (κ1) is 13.2. The number of nitrogens with zero attached hydrogens (tertiary/aromatic N) is 4. The summed E-state index contributed by atoms with van der Waals surface area (Å²) in [4.78, 5) is 21.1. The summed E-state index contributed by atoms with van der Waals surface area (Å²) in [6.07, 6.45) is 5.29. The van der Waals surface area contributed by atoms with Gasteiger partial charge in [-0.15, -0.1) is 0 Å². The minimum Gasteiger partial charge on any atom is -0.480 e. The Kier molecular flexibility index (Phi) is 4.25. The second-order valence-electron chi connectivity index (χ2n) is 4.39. The van der Waals surface area contributed by atoms with Crippen molar-refractivity contribution in [2.75, 3.05) is 6.54 Å². The standard InChI is InChI=1S/C13H16N4O2/c1-16-6-12(15-10-16)8-17(9-13(18)19)7-11-4-2-3-5-14-11/h2-6,10H,7-9H2,1H3,(H,18,19). The van der Waals surface area contributed by atoms with E-state index in [-0.39, 0.29) is 6.54 Å². The van der Waals surface area contributed by atoms with Gasteiger partial charge < -0.3 is 9.67 Å². The van der Waals surface area contributed by atoms with Crippen molar-refractivity contribution < 1.29 is 9.90 Å². The lowest BCUT2D eigenvalue weighted by atomic mass is 10.3. The first-order chi connectivity index (χ1) is 9.13. The molecule has 0 amide bonds. The smallest absolute Gasteiger partial charge is 0.317 e. The molecule has 100 valence electrons. The van der Waals surface area contributed by atoms with Crippen molar-refractivity contribution >= 4 is 5.97 Å². The summed E-state index contributed by atoms with van der Waals surface area (Å²) in [5.41, 5.74) is 1.69. The van der Waals surface area contributed by atoms with Crippen molar-refractivity contribution in [1.29, 1.82) is 0 Å². The summed E-state index contributed by atoms with van der Waals surface area (Å²) in [5.74, 6) is -0.855. The van der Waals surface area contributed by atoms with Crippen LogP contribution in [-0.4, -0.2) is 37.1 Å². The molecule has 0 saturated carbocycles. The number of aromatic nitrogens is 3. The van der Waals surface area contributed by atoms with E-state index in [1.54, 1.807) is 17.4 Å². The maximum absolute atomic E-state index is 10.9. The van der Waals surface area contributed by atoms with E-state index in [1.165, 1.54) is 0 Å². The average Bonchev–Trinajstić information content (AvgIpc) is 2.75. The van der Waals surface area contributed by atoms with Crippen molar-refractivity contribution in [3.05, 3.63) is 48.3 Å². The molecule has 1 N–H and O–H groups in total. The van der Waals surface area contributed by atoms with Gasteiger partial charge in [0.1, 0.15) is 0 Å². The highest BCUT2D eigenvalue weighted by Gasteiger charge is 2.12. The Labute approximate surface area is 111 Å². The second-order valence-corrected chi connectivity index (χ2v) is 4.39. The van der Waals surface area contributed by atoms with Gasteiger partial charge in [-0.25, -0.2) is 4.98 Å². The van der Waals surface area contributed by atoms with Crippen molar-refractivity contribution in [2.24, 2.45) is 7.05 Å². The molecule has 0 bridgehead atoms. The Bertz CT molecular complexity index is 539. The van der Waals surface area contributed by atoms with Gasteiger partial charge in [0.2, 0.25) is 0 Å². The molecule has 0 atom stereocenters. The topological polar surface area (TPSA) is 71.2 Å². The summed E-state index contributed by atoms with van der Waals surface area (Å²) in [6, 6.07) is 5.61. The molecule has 19 heavy (non-hydrogen) atoms. The molecule has 0 spiro atoms. The van der Waals surface area contributed by atoms with Gasteiger partial charge in [-0.2, -0.15) is 0 Å². The van der Waals surface area contributed by atoms with E-state index in [4.69, 9.17) is 5.11 Å². The molecule has 0 aliphatic carbocycles. The minimum absolute atomic E-state index is 0.0346. The van der Waals surface area contributed by atoms with Crippen LogP contribution in [0.15, 0.2) is 36.9 Å². The third kappa shape index (κ3) is 4.18. The van der Waals surface area contributed by atoms with Gasteiger partial charge in [-0.3, -0.25) is 14.7 Å². The van der Waals surface area contributed by atoms with Crippen LogP contribution in [0.5, 0.6) is 0 Å². The molecule has 2 aromatic heterocycles. The van der Waals surface area contributed by atoms with Crippen LogP contribution in [0, 0.1) is 0 Å². The summed E-state index contributed by atoms with van der Waals surface area (Å²) in [7, 11) is 1.89. The van der Waals surface area contributed by atoms with Crippen molar-refractivity contribution in [1.82, 2.24) is 19.4 Å². The van der Waals surface area contributed by atoms with E-state index < -0.39 is 5.97 Å². The highest BCUT2D eigenvalue weighted by Crippen LogP contribution is 2.06. The largest absolute Gasteiger partial charge is 0.480 e. The van der Waals surface area contributed by atoms with Crippen LogP contribution in [0.25, 0.3) is 0 Å². The number of pyridine rings is 1. The number of hydrogen-bond acceptors (Lipinski definition) is 4. The van der Waals surface area contributed by atoms with Crippen molar-refractivity contribution in [3.63, 3.8) is 0 Å². The Hall–Kier alpha value is -2.21. The van der Waals surface area contributed by atoms with Gasteiger partial charge in [-0.1, -0.05) is 6.07 Å². The molecule has 0 aliphatic heterocycles. The molecular weight excluding hydrogens is 244 g/mol. The average molecular weight is 260 g/mol. The second kappa shape index (κ2) is 6.10. The predicted octanol–water partition coefficient (Wildman–Crippen LogP) is 0.902. The SMILES string of the molecule is Cn1cnc(CN(CC(=O)O)Cc2ccccn2)c1. The molecule has 6 heteroatoms. The predicted molar refractivity (Wildman–Crippen MR) is 69.2 cm³/mol. The first-order valence-electron chi connectivity index (χ1n) is 5.94. The van der Waals surface area contributed by atoms with E-state index in [1.807, 2.05) is 36.0 Å². The van der Waals surface area contributed by atoms with Crippen molar-refractivity contribution in [2.45, 2.75) is 13.1 Å². The van der Waals surface area contributed by atoms with E-state index in [0.29, 0.717) is 13.1 Å². The van der Waals surface area contributed by atoms with Gasteiger partial charge in [-0.05, 0) is 12.1 Å². The molecule has 2 heterocycles. The number of hydrogen-bond donors (Lipinski definition) is 1. The van der Waals surface area contributed by atoms with Crippen LogP contribution >= 0.6 is 0 Å². The zero-order valence-corrected chi connectivity index (χ0v) is 10.7. The normalized spacial score (nSPS) is 10.8. The summed E-state index contributed by atoms with van der Waals surface area (Å²) < 4.78 is 1.84. The van der Waals surface area contributed by atoms with Crippen LogP contribution in [0.2, 0.25) is 0 Å². The van der Waals surface area contributed by atoms with Crippen LogP contribution < -0.4 is 0 Å². The van der Waals surface area contributed by atoms with E-state index in [9.17, 15) is 4.79 Å². The Morgan fingerprint density at radius 3 is 2.68 bits per heavy atom. The lowest BCUT2D eigenvalue weighted by Gasteiger charge is -2.18. The molecule has 0 fully saturated rings. The molecule has 0 saturated heterocycles. The maximum Gasteiger partial charge on any atom is 0.317 e. The molecule has 0 radical (unpaired) electrons. The molecule has 0 aliphatic rings. The molecule has 6 nitrogen and oxygen atoms in total. The third-order valence-electron chi connectivity index (χ3n) is 2.61. The van der Waals surface area contributed by atoms with Crippen LogP contribution in [0.4, 0.5) is 0 Å². The van der Waals surface area contributed by atoms with Crippen LogP contribution in [0.1, 0.15) is 11.4 Å². The fraction of sp³-hybridized carbons (Fsp3) is 0.308. The molecule has 2 aromatic rings. The lowest BCUT2D eigenvalue weighted by molar-refractivity contribution is -0.138. The Morgan fingerprint density at radius 1 is 1.32 bits per heavy atom. The monoisotopic (exact) mass is 260 g/mol. The number of aryl methyl sites for hydroxylation is 1. The molecule has 0 aromatic carbocycles. The molecule has 2 rings (SSSR count). The molecular formula is C13H16N4O2. The Morgan fingerprint density at radius 2 is 2.11 bits per heavy atom. The third-order valence-corrected chi connectivity index (χ3v) is 2.61. The number of aliphatic carboxylic acids is 1. The van der Waals surface area contributed by atoms with Gasteiger partial charge in [0.25, 0.3) is 0 Å². The van der Waals surface area contributed by atoms with Crippen LogP contribution in [-0.2, 0) is 24.9 Å². The Balaban J connectivity index is 2.05. The van der Waals surface area contributed by atoms with E-state index in [0.717, 1.165) is 11.4 Å². The van der Waals surface area contributed by atoms with Gasteiger partial charge >= 0.3 is 5.97 Å². The quantitative estimate of drug-likeness (QED) is 0.835. The number of carbonyl (C=O) groups is 1. The number of carboxylic acids is 1. The fourth-order valence-corrected chi connectivity index (χ4v) is 1.86. The lowest BCUT2D eigenvalue weighted by Crippen LogP contribution is -2.29. The highest BCUT2D eigenvalue weighted by molar-refractivity contribution is 5.69. The van der Waals surface area contributed by atoms with E-state index in [2.05, 4.69) is 9.97 Å². The zero-order chi connectivity index (χ0) is 13.7. The fourth-order valence-electron chi connectivity index (χ4n) is 1.86. The van der Waals surface area contributed by atoms with Gasteiger partial charge in [0.05, 0.1) is 24.3 Å². The summed E-state index contributed by atoms with van der Waals surface area (Å²) >= 11 is 0. The van der Waals surface area contributed by atoms with Gasteiger partial charge in [0, 0.05) is 32.5 Å². The van der Waals surface area contributed by atoms with Gasteiger partial charge in [0.15, 0.2) is 0 Å². The van der Waals surface area contributed by atoms with E-state index >= 15 is 0 Å². The maximum atomic E-state index is 10.9. The minimum atomic E-state index is -0.855. The number of rotatable bonds is 6. The molecule has 0 unspecified atom stereocenters. The number of imidazole rings is 1. The highest BCUT2D eigenvalue weighted by atomic mass is 16.4.